The molecule has 1 amide bonds. The molecule has 0 fully saturated rings. The highest BCUT2D eigenvalue weighted by Gasteiger charge is 2.22. The van der Waals surface area contributed by atoms with Gasteiger partial charge in [0.25, 0.3) is 5.91 Å². The predicted octanol–water partition coefficient (Wildman–Crippen LogP) is 4.94. The van der Waals surface area contributed by atoms with E-state index in [1.807, 2.05) is 30.3 Å². The van der Waals surface area contributed by atoms with E-state index in [1.165, 1.54) is 10.7 Å². The number of hydrogen-bond acceptors (Lipinski definition) is 4. The van der Waals surface area contributed by atoms with Crippen molar-refractivity contribution < 1.29 is 13.7 Å². The highest BCUT2D eigenvalue weighted by molar-refractivity contribution is 6.31. The number of halogens is 2. The topological polar surface area (TPSA) is 73.0 Å². The Kier molecular flexibility index (Phi) is 5.14. The smallest absolute Gasteiger partial charge is 0.262 e. The van der Waals surface area contributed by atoms with Crippen LogP contribution in [0.5, 0.6) is 0 Å². The van der Waals surface area contributed by atoms with Crippen LogP contribution in [0.1, 0.15) is 21.7 Å². The fourth-order valence-electron chi connectivity index (χ4n) is 2.97. The largest absolute Gasteiger partial charge is 0.360 e. The molecular weight excluding hydrogens is 395 g/mol. The molecule has 0 radical (unpaired) electrons. The van der Waals surface area contributed by atoms with Crippen LogP contribution in [0, 0.1) is 12.7 Å². The Labute approximate surface area is 170 Å². The minimum Gasteiger partial charge on any atom is -0.360 e. The molecule has 0 spiro atoms. The number of benzene rings is 2. The quantitative estimate of drug-likeness (QED) is 0.505. The molecule has 6 nitrogen and oxygen atoms in total. The second kappa shape index (κ2) is 7.89. The van der Waals surface area contributed by atoms with E-state index >= 15 is 0 Å². The number of carbonyl (C=O) groups excluding carboxylic acids is 1. The number of amides is 1. The van der Waals surface area contributed by atoms with Crippen molar-refractivity contribution >= 4 is 23.3 Å². The third kappa shape index (κ3) is 3.90. The van der Waals surface area contributed by atoms with E-state index in [0.29, 0.717) is 33.4 Å². The summed E-state index contributed by atoms with van der Waals surface area (Å²) in [6.07, 6.45) is 1.64. The molecule has 8 heteroatoms. The lowest BCUT2D eigenvalue weighted by atomic mass is 10.1. The SMILES string of the molecule is Cc1onc(-c2ccccc2)c1C(=O)Nc1ccn(Cc2c(F)cccc2Cl)n1. The van der Waals surface area contributed by atoms with Gasteiger partial charge in [0, 0.05) is 28.4 Å². The Morgan fingerprint density at radius 3 is 2.72 bits per heavy atom. The van der Waals surface area contributed by atoms with Crippen molar-refractivity contribution in [1.29, 1.82) is 0 Å². The Balaban J connectivity index is 1.54. The summed E-state index contributed by atoms with van der Waals surface area (Å²) in [5, 5.41) is 11.3. The van der Waals surface area contributed by atoms with Gasteiger partial charge in [0.1, 0.15) is 22.8 Å². The summed E-state index contributed by atoms with van der Waals surface area (Å²) in [6, 6.07) is 15.4. The number of hydrogen-bond donors (Lipinski definition) is 1. The summed E-state index contributed by atoms with van der Waals surface area (Å²) in [6.45, 7) is 1.82. The van der Waals surface area contributed by atoms with Gasteiger partial charge in [-0.2, -0.15) is 5.10 Å². The lowest BCUT2D eigenvalue weighted by Crippen LogP contribution is -2.14. The normalized spacial score (nSPS) is 10.9. The summed E-state index contributed by atoms with van der Waals surface area (Å²) in [5.41, 5.74) is 1.90. The maximum Gasteiger partial charge on any atom is 0.262 e. The predicted molar refractivity (Wildman–Crippen MR) is 107 cm³/mol. The second-order valence-electron chi connectivity index (χ2n) is 6.38. The average Bonchev–Trinajstić information content (AvgIpc) is 3.31. The summed E-state index contributed by atoms with van der Waals surface area (Å²) >= 11 is 6.06. The Bertz CT molecular complexity index is 1150. The Morgan fingerprint density at radius 2 is 1.97 bits per heavy atom. The van der Waals surface area contributed by atoms with Gasteiger partial charge in [0.15, 0.2) is 5.82 Å². The Hall–Kier alpha value is -3.45. The summed E-state index contributed by atoms with van der Waals surface area (Å²) in [5.74, 6) is -0.0797. The summed E-state index contributed by atoms with van der Waals surface area (Å²) in [7, 11) is 0. The van der Waals surface area contributed by atoms with Crippen molar-refractivity contribution in [2.45, 2.75) is 13.5 Å². The first-order valence-corrected chi connectivity index (χ1v) is 9.20. The van der Waals surface area contributed by atoms with E-state index in [0.717, 1.165) is 5.56 Å². The summed E-state index contributed by atoms with van der Waals surface area (Å²) < 4.78 is 20.7. The van der Waals surface area contributed by atoms with Gasteiger partial charge in [0.2, 0.25) is 0 Å². The molecule has 0 bridgehead atoms. The highest BCUT2D eigenvalue weighted by Crippen LogP contribution is 2.26. The molecule has 0 aliphatic heterocycles. The molecule has 2 aromatic heterocycles. The molecule has 2 heterocycles. The number of nitrogens with zero attached hydrogens (tertiary/aromatic N) is 3. The fraction of sp³-hybridized carbons (Fsp3) is 0.0952. The maximum atomic E-state index is 14.0. The molecule has 0 saturated carbocycles. The molecular formula is C21H16ClFN4O2. The van der Waals surface area contributed by atoms with E-state index in [4.69, 9.17) is 16.1 Å². The first-order chi connectivity index (χ1) is 14.0. The first kappa shape index (κ1) is 18.9. The highest BCUT2D eigenvalue weighted by atomic mass is 35.5. The maximum absolute atomic E-state index is 14.0. The third-order valence-electron chi connectivity index (χ3n) is 4.40. The molecule has 0 saturated heterocycles. The van der Waals surface area contributed by atoms with E-state index < -0.39 is 11.7 Å². The molecule has 1 N–H and O–H groups in total. The molecule has 29 heavy (non-hydrogen) atoms. The third-order valence-corrected chi connectivity index (χ3v) is 4.76. The van der Waals surface area contributed by atoms with Crippen molar-refractivity contribution in [2.75, 3.05) is 5.32 Å². The minimum atomic E-state index is -0.411. The minimum absolute atomic E-state index is 0.142. The molecule has 0 aliphatic carbocycles. The average molecular weight is 411 g/mol. The van der Waals surface area contributed by atoms with E-state index in [9.17, 15) is 9.18 Å². The molecule has 0 atom stereocenters. The van der Waals surface area contributed by atoms with Crippen molar-refractivity contribution in [2.24, 2.45) is 0 Å². The number of anilines is 1. The van der Waals surface area contributed by atoms with Crippen LogP contribution in [-0.4, -0.2) is 20.8 Å². The molecule has 0 unspecified atom stereocenters. The fourth-order valence-corrected chi connectivity index (χ4v) is 3.20. The number of aryl methyl sites for hydroxylation is 1. The lowest BCUT2D eigenvalue weighted by Gasteiger charge is -2.06. The van der Waals surface area contributed by atoms with Crippen LogP contribution < -0.4 is 5.32 Å². The zero-order valence-electron chi connectivity index (χ0n) is 15.4. The number of nitrogens with one attached hydrogen (secondary N) is 1. The summed E-state index contributed by atoms with van der Waals surface area (Å²) in [4.78, 5) is 12.8. The monoisotopic (exact) mass is 410 g/mol. The van der Waals surface area contributed by atoms with Crippen LogP contribution in [-0.2, 0) is 6.54 Å². The first-order valence-electron chi connectivity index (χ1n) is 8.82. The van der Waals surface area contributed by atoms with Crippen LogP contribution >= 0.6 is 11.6 Å². The number of rotatable bonds is 5. The van der Waals surface area contributed by atoms with Gasteiger partial charge in [-0.25, -0.2) is 4.39 Å². The zero-order valence-corrected chi connectivity index (χ0v) is 16.2. The van der Waals surface area contributed by atoms with Crippen LogP contribution in [0.15, 0.2) is 65.3 Å². The van der Waals surface area contributed by atoms with Crippen LogP contribution in [0.25, 0.3) is 11.3 Å². The van der Waals surface area contributed by atoms with Crippen LogP contribution in [0.3, 0.4) is 0 Å². The van der Waals surface area contributed by atoms with Gasteiger partial charge < -0.3 is 9.84 Å². The molecule has 2 aromatic carbocycles. The van der Waals surface area contributed by atoms with Gasteiger partial charge in [-0.15, -0.1) is 0 Å². The van der Waals surface area contributed by atoms with Gasteiger partial charge >= 0.3 is 0 Å². The molecule has 4 aromatic rings. The van der Waals surface area contributed by atoms with Crippen molar-refractivity contribution in [3.05, 3.63) is 88.5 Å². The molecule has 0 aliphatic rings. The van der Waals surface area contributed by atoms with Crippen LogP contribution in [0.4, 0.5) is 10.2 Å². The van der Waals surface area contributed by atoms with Crippen molar-refractivity contribution in [1.82, 2.24) is 14.9 Å². The van der Waals surface area contributed by atoms with Crippen molar-refractivity contribution in [3.8, 4) is 11.3 Å². The second-order valence-corrected chi connectivity index (χ2v) is 6.79. The van der Waals surface area contributed by atoms with Gasteiger partial charge in [-0.3, -0.25) is 9.48 Å². The number of aromatic nitrogens is 3. The van der Waals surface area contributed by atoms with E-state index in [-0.39, 0.29) is 6.54 Å². The van der Waals surface area contributed by atoms with Gasteiger partial charge in [-0.05, 0) is 19.1 Å². The van der Waals surface area contributed by atoms with Gasteiger partial charge in [-0.1, -0.05) is 53.2 Å². The van der Waals surface area contributed by atoms with E-state index in [2.05, 4.69) is 15.6 Å². The van der Waals surface area contributed by atoms with Crippen molar-refractivity contribution in [3.63, 3.8) is 0 Å². The van der Waals surface area contributed by atoms with Gasteiger partial charge in [0.05, 0.1) is 6.54 Å². The van der Waals surface area contributed by atoms with E-state index in [1.54, 1.807) is 31.3 Å². The zero-order chi connectivity index (χ0) is 20.4. The Morgan fingerprint density at radius 1 is 1.17 bits per heavy atom. The lowest BCUT2D eigenvalue weighted by molar-refractivity contribution is 0.102. The van der Waals surface area contributed by atoms with Crippen LogP contribution in [0.2, 0.25) is 5.02 Å². The standard InChI is InChI=1S/C21H16ClFN4O2/c1-13-19(20(26-29-13)14-6-3-2-4-7-14)21(28)24-18-10-11-27(25-18)12-15-16(22)8-5-9-17(15)23/h2-11H,12H2,1H3,(H,24,25,28). The molecule has 4 rings (SSSR count). The number of carbonyl (C=O) groups is 1. The molecule has 146 valence electrons.